The zero-order valence-electron chi connectivity index (χ0n) is 9.71. The summed E-state index contributed by atoms with van der Waals surface area (Å²) in [6, 6.07) is 6.52. The van der Waals surface area contributed by atoms with Gasteiger partial charge in [0.05, 0.1) is 9.40 Å². The van der Waals surface area contributed by atoms with Crippen LogP contribution in [0.5, 0.6) is 11.6 Å². The maximum Gasteiger partial charge on any atom is 0.348 e. The van der Waals surface area contributed by atoms with Crippen LogP contribution in [0.25, 0.3) is 0 Å². The Balaban J connectivity index is 2.52. The number of nitro groups is 1. The molecule has 0 N–H and O–H groups in total. The van der Waals surface area contributed by atoms with Crippen LogP contribution in [0.3, 0.4) is 0 Å². The fourth-order valence-electron chi connectivity index (χ4n) is 1.44. The average molecular weight is 338 g/mol. The standard InChI is InChI=1S/C12H5BrFN3O3/c13-9-2-1-8(14)5-10(9)20-12-11(17(18)19)7(6-15)3-4-16-12/h1-5H. The predicted octanol–water partition coefficient (Wildman–Crippen LogP) is 3.56. The molecule has 0 aliphatic rings. The van der Waals surface area contributed by atoms with Gasteiger partial charge in [0.1, 0.15) is 23.2 Å². The van der Waals surface area contributed by atoms with E-state index < -0.39 is 16.4 Å². The summed E-state index contributed by atoms with van der Waals surface area (Å²) in [5.41, 5.74) is -0.751. The Bertz CT molecular complexity index is 730. The summed E-state index contributed by atoms with van der Waals surface area (Å²) < 4.78 is 18.8. The molecule has 20 heavy (non-hydrogen) atoms. The molecular weight excluding hydrogens is 333 g/mol. The minimum Gasteiger partial charge on any atom is -0.432 e. The fraction of sp³-hybridized carbons (Fsp3) is 0. The van der Waals surface area contributed by atoms with Crippen molar-refractivity contribution in [2.45, 2.75) is 0 Å². The number of ether oxygens (including phenoxy) is 1. The van der Waals surface area contributed by atoms with Gasteiger partial charge in [-0.3, -0.25) is 10.1 Å². The van der Waals surface area contributed by atoms with Crippen molar-refractivity contribution in [2.75, 3.05) is 0 Å². The lowest BCUT2D eigenvalue weighted by Gasteiger charge is -2.07. The van der Waals surface area contributed by atoms with Gasteiger partial charge in [0.25, 0.3) is 0 Å². The van der Waals surface area contributed by atoms with Gasteiger partial charge in [-0.25, -0.2) is 9.37 Å². The number of benzene rings is 1. The lowest BCUT2D eigenvalue weighted by atomic mass is 10.2. The Labute approximate surface area is 120 Å². The van der Waals surface area contributed by atoms with E-state index in [1.807, 2.05) is 0 Å². The molecule has 1 heterocycles. The molecule has 1 aromatic carbocycles. The summed E-state index contributed by atoms with van der Waals surface area (Å²) in [6.45, 7) is 0. The van der Waals surface area contributed by atoms with Crippen LogP contribution in [-0.4, -0.2) is 9.91 Å². The normalized spacial score (nSPS) is 9.85. The number of halogens is 2. The van der Waals surface area contributed by atoms with E-state index in [-0.39, 0.29) is 17.2 Å². The van der Waals surface area contributed by atoms with Gasteiger partial charge in [0, 0.05) is 12.3 Å². The molecule has 2 aromatic rings. The molecule has 0 radical (unpaired) electrons. The molecule has 0 amide bonds. The summed E-state index contributed by atoms with van der Waals surface area (Å²) in [5.74, 6) is -0.918. The summed E-state index contributed by atoms with van der Waals surface area (Å²) >= 11 is 3.13. The quantitative estimate of drug-likeness (QED) is 0.631. The van der Waals surface area contributed by atoms with E-state index in [9.17, 15) is 14.5 Å². The zero-order chi connectivity index (χ0) is 14.7. The van der Waals surface area contributed by atoms with Crippen LogP contribution in [0, 0.1) is 27.3 Å². The van der Waals surface area contributed by atoms with E-state index in [2.05, 4.69) is 20.9 Å². The molecule has 0 unspecified atom stereocenters. The minimum atomic E-state index is -0.770. The summed E-state index contributed by atoms with van der Waals surface area (Å²) in [7, 11) is 0. The number of nitriles is 1. The van der Waals surface area contributed by atoms with Gasteiger partial charge in [-0.15, -0.1) is 0 Å². The number of pyridine rings is 1. The highest BCUT2D eigenvalue weighted by atomic mass is 79.9. The van der Waals surface area contributed by atoms with Crippen molar-refractivity contribution >= 4 is 21.6 Å². The largest absolute Gasteiger partial charge is 0.432 e. The Morgan fingerprint density at radius 1 is 1.45 bits per heavy atom. The van der Waals surface area contributed by atoms with E-state index in [4.69, 9.17) is 10.00 Å². The van der Waals surface area contributed by atoms with Crippen molar-refractivity contribution in [3.63, 3.8) is 0 Å². The first-order valence-electron chi connectivity index (χ1n) is 5.19. The molecule has 0 saturated carbocycles. The lowest BCUT2D eigenvalue weighted by molar-refractivity contribution is -0.386. The zero-order valence-corrected chi connectivity index (χ0v) is 11.3. The van der Waals surface area contributed by atoms with Crippen molar-refractivity contribution in [3.8, 4) is 17.7 Å². The van der Waals surface area contributed by atoms with Crippen LogP contribution in [0.2, 0.25) is 0 Å². The first-order valence-corrected chi connectivity index (χ1v) is 5.98. The Kier molecular flexibility index (Phi) is 3.91. The molecule has 0 bridgehead atoms. The number of aromatic nitrogens is 1. The molecule has 100 valence electrons. The second kappa shape index (κ2) is 5.63. The van der Waals surface area contributed by atoms with E-state index in [0.717, 1.165) is 6.07 Å². The number of hydrogen-bond donors (Lipinski definition) is 0. The topological polar surface area (TPSA) is 89.0 Å². The maximum atomic E-state index is 13.1. The van der Waals surface area contributed by atoms with Gasteiger partial charge in [0.15, 0.2) is 0 Å². The van der Waals surface area contributed by atoms with Gasteiger partial charge in [-0.1, -0.05) is 0 Å². The van der Waals surface area contributed by atoms with Crippen LogP contribution in [0.4, 0.5) is 10.1 Å². The Hall–Kier alpha value is -2.53. The third-order valence-electron chi connectivity index (χ3n) is 2.29. The molecule has 0 spiro atoms. The van der Waals surface area contributed by atoms with Crippen molar-refractivity contribution in [1.29, 1.82) is 5.26 Å². The molecule has 6 nitrogen and oxygen atoms in total. The summed E-state index contributed by atoms with van der Waals surface area (Å²) in [5, 5.41) is 19.8. The van der Waals surface area contributed by atoms with Crippen molar-refractivity contribution < 1.29 is 14.1 Å². The third kappa shape index (κ3) is 2.73. The molecular formula is C12H5BrFN3O3. The first kappa shape index (κ1) is 13.9. The molecule has 0 aliphatic heterocycles. The number of nitrogens with zero attached hydrogens (tertiary/aromatic N) is 3. The molecule has 0 fully saturated rings. The van der Waals surface area contributed by atoms with E-state index >= 15 is 0 Å². The second-order valence-corrected chi connectivity index (χ2v) is 4.41. The van der Waals surface area contributed by atoms with Crippen LogP contribution in [0.15, 0.2) is 34.9 Å². The monoisotopic (exact) mass is 337 g/mol. The molecule has 1 aromatic heterocycles. The first-order chi connectivity index (χ1) is 9.52. The number of rotatable bonds is 3. The van der Waals surface area contributed by atoms with Crippen LogP contribution in [0.1, 0.15) is 5.56 Å². The highest BCUT2D eigenvalue weighted by molar-refractivity contribution is 9.10. The third-order valence-corrected chi connectivity index (χ3v) is 2.95. The number of hydrogen-bond acceptors (Lipinski definition) is 5. The SMILES string of the molecule is N#Cc1ccnc(Oc2cc(F)ccc2Br)c1[N+](=O)[O-]. The van der Waals surface area contributed by atoms with Gasteiger partial charge < -0.3 is 4.74 Å². The highest BCUT2D eigenvalue weighted by Crippen LogP contribution is 2.35. The molecule has 0 atom stereocenters. The highest BCUT2D eigenvalue weighted by Gasteiger charge is 2.23. The maximum absolute atomic E-state index is 13.1. The second-order valence-electron chi connectivity index (χ2n) is 3.56. The van der Waals surface area contributed by atoms with E-state index in [1.54, 1.807) is 6.07 Å². The van der Waals surface area contributed by atoms with E-state index in [0.29, 0.717) is 4.47 Å². The smallest absolute Gasteiger partial charge is 0.348 e. The summed E-state index contributed by atoms with van der Waals surface area (Å²) in [6.07, 6.45) is 1.20. The van der Waals surface area contributed by atoms with Gasteiger partial charge >= 0.3 is 11.6 Å². The molecule has 2 rings (SSSR count). The Morgan fingerprint density at radius 3 is 2.85 bits per heavy atom. The fourth-order valence-corrected chi connectivity index (χ4v) is 1.76. The predicted molar refractivity (Wildman–Crippen MR) is 69.8 cm³/mol. The van der Waals surface area contributed by atoms with E-state index in [1.165, 1.54) is 24.4 Å². The van der Waals surface area contributed by atoms with Crippen molar-refractivity contribution in [2.24, 2.45) is 0 Å². The summed E-state index contributed by atoms with van der Waals surface area (Å²) in [4.78, 5) is 13.9. The van der Waals surface area contributed by atoms with Crippen LogP contribution < -0.4 is 4.74 Å². The molecule has 0 saturated heterocycles. The van der Waals surface area contributed by atoms with Gasteiger partial charge in [-0.05, 0) is 34.1 Å². The van der Waals surface area contributed by atoms with Crippen molar-refractivity contribution in [1.82, 2.24) is 4.98 Å². The lowest BCUT2D eigenvalue weighted by Crippen LogP contribution is -1.99. The van der Waals surface area contributed by atoms with Crippen molar-refractivity contribution in [3.05, 3.63) is 56.4 Å². The minimum absolute atomic E-state index is 0.0238. The average Bonchev–Trinajstić information content (AvgIpc) is 2.42. The Morgan fingerprint density at radius 2 is 2.20 bits per heavy atom. The molecule has 8 heteroatoms. The van der Waals surface area contributed by atoms with Gasteiger partial charge in [-0.2, -0.15) is 5.26 Å². The van der Waals surface area contributed by atoms with Gasteiger partial charge in [0.2, 0.25) is 0 Å². The van der Waals surface area contributed by atoms with Crippen LogP contribution in [-0.2, 0) is 0 Å². The molecule has 0 aliphatic carbocycles. The van der Waals surface area contributed by atoms with Crippen LogP contribution >= 0.6 is 15.9 Å².